The first-order valence-corrected chi connectivity index (χ1v) is 17.6. The molecule has 0 N–H and O–H groups in total. The van der Waals surface area contributed by atoms with E-state index in [9.17, 15) is 0 Å². The Labute approximate surface area is 223 Å². The summed E-state index contributed by atoms with van der Waals surface area (Å²) in [5, 5.41) is 4.33. The molecule has 3 aromatic carbocycles. The van der Waals surface area contributed by atoms with Crippen molar-refractivity contribution >= 4 is 29.9 Å². The third kappa shape index (κ3) is 4.38. The van der Waals surface area contributed by atoms with Crippen LogP contribution in [0.15, 0.2) is 89.8 Å². The van der Waals surface area contributed by atoms with Crippen molar-refractivity contribution < 1.29 is 0 Å². The fraction of sp³-hybridized carbons (Fsp3) is 0.353. The van der Waals surface area contributed by atoms with Crippen LogP contribution in [0.2, 0.25) is 19.6 Å². The molecule has 1 saturated carbocycles. The Balaban J connectivity index is 1.51. The number of fused-ring (bicyclic) bond motifs is 3. The summed E-state index contributed by atoms with van der Waals surface area (Å²) in [7, 11) is 0.839. The van der Waals surface area contributed by atoms with E-state index in [1.807, 2.05) is 0 Å². The second kappa shape index (κ2) is 9.36. The van der Waals surface area contributed by atoms with Gasteiger partial charge in [0.15, 0.2) is 0 Å². The van der Waals surface area contributed by atoms with Crippen LogP contribution in [-0.2, 0) is 0 Å². The Hall–Kier alpha value is -3.04. The molecule has 2 aliphatic rings. The molecular weight excluding hydrogens is 464 g/mol. The number of likely N-dealkylation sites (N-methyl/N-ethyl adjacent to an activating group) is 1. The van der Waals surface area contributed by atoms with Crippen molar-refractivity contribution in [2.75, 3.05) is 7.05 Å². The maximum Gasteiger partial charge on any atom is 0.0798 e. The van der Waals surface area contributed by atoms with E-state index in [0.717, 1.165) is 5.92 Å². The van der Waals surface area contributed by atoms with Crippen LogP contribution < -0.4 is 0 Å². The van der Waals surface area contributed by atoms with Crippen LogP contribution in [0.25, 0.3) is 27.5 Å². The summed E-state index contributed by atoms with van der Waals surface area (Å²) >= 11 is 0. The van der Waals surface area contributed by atoms with E-state index < -0.39 is 8.07 Å². The largest absolute Gasteiger partial charge is 0.370 e. The van der Waals surface area contributed by atoms with Crippen LogP contribution in [0.1, 0.15) is 49.3 Å². The zero-order valence-corrected chi connectivity index (χ0v) is 24.1. The molecule has 0 saturated heterocycles. The summed E-state index contributed by atoms with van der Waals surface area (Å²) in [6.07, 6.45) is 12.0. The highest BCUT2D eigenvalue weighted by molar-refractivity contribution is 6.84. The quantitative estimate of drug-likeness (QED) is 0.246. The Kier molecular flexibility index (Phi) is 6.15. The molecule has 1 aliphatic heterocycles. The molecule has 1 aromatic heterocycles. The lowest BCUT2D eigenvalue weighted by molar-refractivity contribution is 0.381. The van der Waals surface area contributed by atoms with Gasteiger partial charge in [-0.05, 0) is 77.7 Å². The van der Waals surface area contributed by atoms with Gasteiger partial charge in [0.05, 0.1) is 25.1 Å². The molecule has 0 radical (unpaired) electrons. The van der Waals surface area contributed by atoms with Crippen LogP contribution in [0.3, 0.4) is 0 Å². The average molecular weight is 505 g/mol. The zero-order valence-electron chi connectivity index (χ0n) is 23.1. The Morgan fingerprint density at radius 2 is 1.54 bits per heavy atom. The van der Waals surface area contributed by atoms with Gasteiger partial charge in [-0.15, -0.1) is 0 Å². The van der Waals surface area contributed by atoms with Crippen molar-refractivity contribution in [3.8, 4) is 5.69 Å². The number of aromatic nitrogens is 1. The molecule has 1 unspecified atom stereocenters. The third-order valence-electron chi connectivity index (χ3n) is 8.66. The van der Waals surface area contributed by atoms with Crippen LogP contribution in [0.5, 0.6) is 0 Å². The first-order chi connectivity index (χ1) is 17.8. The van der Waals surface area contributed by atoms with Gasteiger partial charge in [0.25, 0.3) is 0 Å². The van der Waals surface area contributed by atoms with Crippen molar-refractivity contribution in [1.82, 2.24) is 9.47 Å². The molecule has 1 aliphatic carbocycles. The number of hydrogen-bond donors (Lipinski definition) is 0. The Bertz CT molecular complexity index is 1510. The van der Waals surface area contributed by atoms with Gasteiger partial charge in [-0.25, -0.2) is 0 Å². The molecule has 6 rings (SSSR count). The molecule has 0 amide bonds. The number of benzene rings is 3. The van der Waals surface area contributed by atoms with Gasteiger partial charge in [0.2, 0.25) is 0 Å². The molecule has 2 nitrogen and oxygen atoms in total. The summed E-state index contributed by atoms with van der Waals surface area (Å²) in [5.41, 5.74) is 8.22. The predicted octanol–water partition coefficient (Wildman–Crippen LogP) is 9.35. The lowest BCUT2D eigenvalue weighted by Crippen LogP contribution is -2.33. The van der Waals surface area contributed by atoms with Crippen molar-refractivity contribution in [1.29, 1.82) is 0 Å². The van der Waals surface area contributed by atoms with E-state index in [1.54, 1.807) is 10.8 Å². The number of allylic oxidation sites excluding steroid dienone is 2. The minimum atomic E-state index is -1.44. The first kappa shape index (κ1) is 24.3. The maximum atomic E-state index is 2.64. The van der Waals surface area contributed by atoms with Crippen molar-refractivity contribution in [2.24, 2.45) is 5.92 Å². The molecule has 2 heterocycles. The molecule has 3 heteroatoms. The highest BCUT2D eigenvalue weighted by Gasteiger charge is 2.31. The summed E-state index contributed by atoms with van der Waals surface area (Å²) in [6, 6.07) is 24.8. The van der Waals surface area contributed by atoms with Crippen molar-refractivity contribution in [3.05, 3.63) is 101 Å². The summed E-state index contributed by atoms with van der Waals surface area (Å²) in [4.78, 5) is 2.48. The third-order valence-corrected chi connectivity index (χ3v) is 10.7. The number of aryl methyl sites for hydroxylation is 1. The summed E-state index contributed by atoms with van der Waals surface area (Å²) < 4.78 is 2.43. The van der Waals surface area contributed by atoms with Gasteiger partial charge in [0.1, 0.15) is 0 Å². The highest BCUT2D eigenvalue weighted by Crippen LogP contribution is 2.42. The SMILES string of the molecule is Cc1cc2c(cc1C1C=C(CC3CCCC3)C([Si](C)(C)C)=CN1C)c1ccccc1n2-c1ccccc1. The van der Waals surface area contributed by atoms with Gasteiger partial charge in [-0.1, -0.05) is 87.8 Å². The van der Waals surface area contributed by atoms with E-state index in [0.29, 0.717) is 0 Å². The Morgan fingerprint density at radius 1 is 0.838 bits per heavy atom. The van der Waals surface area contributed by atoms with E-state index in [1.165, 1.54) is 70.7 Å². The smallest absolute Gasteiger partial charge is 0.0798 e. The molecule has 0 bridgehead atoms. The maximum absolute atomic E-state index is 2.64. The molecule has 37 heavy (non-hydrogen) atoms. The van der Waals surface area contributed by atoms with Crippen LogP contribution >= 0.6 is 0 Å². The number of hydrogen-bond acceptors (Lipinski definition) is 1. The van der Waals surface area contributed by atoms with Gasteiger partial charge < -0.3 is 9.47 Å². The number of para-hydroxylation sites is 2. The van der Waals surface area contributed by atoms with E-state index >= 15 is 0 Å². The second-order valence-corrected chi connectivity index (χ2v) is 17.4. The summed E-state index contributed by atoms with van der Waals surface area (Å²) in [5.74, 6) is 0.863. The van der Waals surface area contributed by atoms with Crippen LogP contribution in [-0.4, -0.2) is 24.6 Å². The molecular formula is C34H40N2Si. The zero-order chi connectivity index (χ0) is 25.7. The normalized spacial score (nSPS) is 19.1. The fourth-order valence-electron chi connectivity index (χ4n) is 6.76. The topological polar surface area (TPSA) is 8.17 Å². The lowest BCUT2D eigenvalue weighted by Gasteiger charge is -2.37. The van der Waals surface area contributed by atoms with E-state index in [2.05, 4.69) is 122 Å². The lowest BCUT2D eigenvalue weighted by atomic mass is 9.90. The van der Waals surface area contributed by atoms with Gasteiger partial charge in [-0.2, -0.15) is 0 Å². The second-order valence-electron chi connectivity index (χ2n) is 12.4. The number of rotatable bonds is 5. The molecule has 0 spiro atoms. The Morgan fingerprint density at radius 3 is 2.27 bits per heavy atom. The highest BCUT2D eigenvalue weighted by atomic mass is 28.3. The summed E-state index contributed by atoms with van der Waals surface area (Å²) in [6.45, 7) is 9.82. The monoisotopic (exact) mass is 504 g/mol. The van der Waals surface area contributed by atoms with Crippen LogP contribution in [0, 0.1) is 12.8 Å². The van der Waals surface area contributed by atoms with Gasteiger partial charge in [-0.3, -0.25) is 0 Å². The van der Waals surface area contributed by atoms with E-state index in [-0.39, 0.29) is 6.04 Å². The van der Waals surface area contributed by atoms with Gasteiger partial charge in [0, 0.05) is 23.5 Å². The minimum Gasteiger partial charge on any atom is -0.370 e. The van der Waals surface area contributed by atoms with Crippen molar-refractivity contribution in [2.45, 2.75) is 64.7 Å². The molecule has 1 fully saturated rings. The van der Waals surface area contributed by atoms with Crippen LogP contribution in [0.4, 0.5) is 0 Å². The molecule has 190 valence electrons. The molecule has 1 atom stereocenters. The van der Waals surface area contributed by atoms with E-state index in [4.69, 9.17) is 0 Å². The van der Waals surface area contributed by atoms with Crippen molar-refractivity contribution in [3.63, 3.8) is 0 Å². The fourth-order valence-corrected chi connectivity index (χ4v) is 8.50. The average Bonchev–Trinajstić information content (AvgIpc) is 3.50. The minimum absolute atomic E-state index is 0.278. The number of nitrogens with zero attached hydrogens (tertiary/aromatic N) is 2. The molecule has 4 aromatic rings. The predicted molar refractivity (Wildman–Crippen MR) is 162 cm³/mol. The first-order valence-electron chi connectivity index (χ1n) is 14.1. The van der Waals surface area contributed by atoms with Gasteiger partial charge >= 0.3 is 0 Å². The standard InChI is InChI=1S/C34H40N2Si/c1-24-19-33-30(28-17-11-12-18-31(28)36(33)27-15-7-6-8-16-27)22-29(24)32-21-26(20-25-13-9-10-14-25)34(23-35(32)2)37(3,4)5/h6-8,11-12,15-19,21-23,25,32H,9-10,13-14,20H2,1-5H3.